The van der Waals surface area contributed by atoms with E-state index in [0.29, 0.717) is 12.0 Å². The van der Waals surface area contributed by atoms with Gasteiger partial charge in [-0.25, -0.2) is 4.98 Å². The predicted molar refractivity (Wildman–Crippen MR) is 90.3 cm³/mol. The molecule has 2 aromatic rings. The van der Waals surface area contributed by atoms with Crippen molar-refractivity contribution in [1.29, 1.82) is 0 Å². The van der Waals surface area contributed by atoms with Gasteiger partial charge in [0.1, 0.15) is 11.5 Å². The van der Waals surface area contributed by atoms with E-state index < -0.39 is 5.91 Å². The molecule has 120 valence electrons. The van der Waals surface area contributed by atoms with E-state index in [1.807, 2.05) is 0 Å². The Balaban J connectivity index is 1.82. The Morgan fingerprint density at radius 3 is 2.52 bits per heavy atom. The average Bonchev–Trinajstić information content (AvgIpc) is 3.38. The monoisotopic (exact) mass is 310 g/mol. The van der Waals surface area contributed by atoms with Crippen LogP contribution in [-0.2, 0) is 6.54 Å². The van der Waals surface area contributed by atoms with Gasteiger partial charge in [0.05, 0.1) is 12.4 Å². The lowest BCUT2D eigenvalue weighted by atomic mass is 10.0. The molecular formula is C18H22N4O. The van der Waals surface area contributed by atoms with Gasteiger partial charge in [-0.1, -0.05) is 38.1 Å². The maximum Gasteiger partial charge on any atom is 0.268 e. The van der Waals surface area contributed by atoms with Crippen molar-refractivity contribution in [2.75, 3.05) is 4.90 Å². The summed E-state index contributed by atoms with van der Waals surface area (Å²) in [6, 6.07) is 9.15. The third-order valence-electron chi connectivity index (χ3n) is 4.16. The number of primary amides is 1. The van der Waals surface area contributed by atoms with Gasteiger partial charge in [-0.3, -0.25) is 9.78 Å². The highest BCUT2D eigenvalue weighted by Crippen LogP contribution is 2.32. The topological polar surface area (TPSA) is 72.1 Å². The van der Waals surface area contributed by atoms with E-state index in [1.54, 1.807) is 6.20 Å². The first-order valence-electron chi connectivity index (χ1n) is 8.02. The van der Waals surface area contributed by atoms with E-state index in [4.69, 9.17) is 5.73 Å². The first-order chi connectivity index (χ1) is 11.0. The van der Waals surface area contributed by atoms with E-state index in [-0.39, 0.29) is 5.69 Å². The molecule has 1 heterocycles. The molecule has 23 heavy (non-hydrogen) atoms. The molecule has 0 saturated heterocycles. The van der Waals surface area contributed by atoms with E-state index in [0.717, 1.165) is 25.2 Å². The molecule has 1 amide bonds. The van der Waals surface area contributed by atoms with Crippen LogP contribution in [0.5, 0.6) is 0 Å². The van der Waals surface area contributed by atoms with Gasteiger partial charge in [-0.15, -0.1) is 0 Å². The van der Waals surface area contributed by atoms with Crippen LogP contribution in [0, 0.1) is 0 Å². The van der Waals surface area contributed by atoms with Crippen LogP contribution in [-0.4, -0.2) is 21.9 Å². The number of amides is 1. The van der Waals surface area contributed by atoms with Gasteiger partial charge in [0.2, 0.25) is 0 Å². The Hall–Kier alpha value is -2.43. The summed E-state index contributed by atoms with van der Waals surface area (Å²) in [6.07, 6.45) is 5.40. The van der Waals surface area contributed by atoms with Gasteiger partial charge in [0.25, 0.3) is 5.91 Å². The van der Waals surface area contributed by atoms with Crippen molar-refractivity contribution in [1.82, 2.24) is 9.97 Å². The minimum atomic E-state index is -0.545. The molecule has 1 aromatic heterocycles. The van der Waals surface area contributed by atoms with E-state index in [2.05, 4.69) is 53.0 Å². The maximum absolute atomic E-state index is 11.3. The Labute approximate surface area is 136 Å². The number of nitrogens with two attached hydrogens (primary N) is 1. The molecular weight excluding hydrogens is 288 g/mol. The second-order valence-electron chi connectivity index (χ2n) is 6.38. The number of hydrogen-bond donors (Lipinski definition) is 1. The summed E-state index contributed by atoms with van der Waals surface area (Å²) in [5.41, 5.74) is 8.09. The van der Waals surface area contributed by atoms with Crippen LogP contribution in [0.2, 0.25) is 0 Å². The van der Waals surface area contributed by atoms with Gasteiger partial charge < -0.3 is 10.6 Å². The molecule has 5 nitrogen and oxygen atoms in total. The first kappa shape index (κ1) is 15.5. The SMILES string of the molecule is CC(C)c1ccc(CN(c2cncc(C(N)=O)n2)C2CC2)cc1. The molecule has 0 spiro atoms. The highest BCUT2D eigenvalue weighted by Gasteiger charge is 2.30. The Morgan fingerprint density at radius 2 is 1.96 bits per heavy atom. The molecule has 5 heteroatoms. The summed E-state index contributed by atoms with van der Waals surface area (Å²) in [4.78, 5) is 22.0. The van der Waals surface area contributed by atoms with Gasteiger partial charge in [0, 0.05) is 12.6 Å². The number of nitrogens with zero attached hydrogens (tertiary/aromatic N) is 3. The minimum absolute atomic E-state index is 0.211. The molecule has 0 bridgehead atoms. The van der Waals surface area contributed by atoms with E-state index in [1.165, 1.54) is 17.3 Å². The summed E-state index contributed by atoms with van der Waals surface area (Å²) in [5, 5.41) is 0. The third-order valence-corrected chi connectivity index (χ3v) is 4.16. The highest BCUT2D eigenvalue weighted by molar-refractivity contribution is 5.90. The fourth-order valence-electron chi connectivity index (χ4n) is 2.60. The molecule has 1 aromatic carbocycles. The first-order valence-corrected chi connectivity index (χ1v) is 8.02. The second-order valence-corrected chi connectivity index (χ2v) is 6.38. The van der Waals surface area contributed by atoms with E-state index >= 15 is 0 Å². The molecule has 2 N–H and O–H groups in total. The standard InChI is InChI=1S/C18H22N4O/c1-12(2)14-5-3-13(4-6-14)11-22(15-7-8-15)17-10-20-9-16(21-17)18(19)23/h3-6,9-10,12,15H,7-8,11H2,1-2H3,(H2,19,23). The average molecular weight is 310 g/mol. The Kier molecular flexibility index (Phi) is 4.28. The molecule has 1 saturated carbocycles. The van der Waals surface area contributed by atoms with Crippen molar-refractivity contribution in [3.63, 3.8) is 0 Å². The van der Waals surface area contributed by atoms with Crippen LogP contribution >= 0.6 is 0 Å². The van der Waals surface area contributed by atoms with Gasteiger partial charge in [-0.2, -0.15) is 0 Å². The molecule has 0 radical (unpaired) electrons. The third kappa shape index (κ3) is 3.67. The number of benzene rings is 1. The molecule has 0 atom stereocenters. The Bertz CT molecular complexity index is 692. The summed E-state index contributed by atoms with van der Waals surface area (Å²) in [7, 11) is 0. The summed E-state index contributed by atoms with van der Waals surface area (Å²) in [6.45, 7) is 5.15. The van der Waals surface area contributed by atoms with Crippen molar-refractivity contribution in [3.05, 3.63) is 53.5 Å². The van der Waals surface area contributed by atoms with Crippen LogP contribution in [0.4, 0.5) is 5.82 Å². The van der Waals surface area contributed by atoms with Gasteiger partial charge >= 0.3 is 0 Å². The summed E-state index contributed by atoms with van der Waals surface area (Å²) < 4.78 is 0. The van der Waals surface area contributed by atoms with Crippen LogP contribution in [0.3, 0.4) is 0 Å². The molecule has 0 aliphatic heterocycles. The lowest BCUT2D eigenvalue weighted by Gasteiger charge is -2.23. The zero-order valence-corrected chi connectivity index (χ0v) is 13.6. The number of carbonyl (C=O) groups is 1. The number of carbonyl (C=O) groups excluding carboxylic acids is 1. The number of anilines is 1. The molecule has 1 aliphatic rings. The second kappa shape index (κ2) is 6.36. The normalized spacial score (nSPS) is 14.0. The largest absolute Gasteiger partial charge is 0.364 e. The number of hydrogen-bond acceptors (Lipinski definition) is 4. The quantitative estimate of drug-likeness (QED) is 0.890. The lowest BCUT2D eigenvalue weighted by molar-refractivity contribution is 0.0995. The van der Waals surface area contributed by atoms with Crippen LogP contribution in [0.25, 0.3) is 0 Å². The molecule has 3 rings (SSSR count). The van der Waals surface area contributed by atoms with Crippen molar-refractivity contribution >= 4 is 11.7 Å². The van der Waals surface area contributed by atoms with Crippen LogP contribution in [0.1, 0.15) is 54.2 Å². The maximum atomic E-state index is 11.3. The summed E-state index contributed by atoms with van der Waals surface area (Å²) >= 11 is 0. The van der Waals surface area contributed by atoms with Crippen molar-refractivity contribution in [2.24, 2.45) is 5.73 Å². The molecule has 0 unspecified atom stereocenters. The van der Waals surface area contributed by atoms with Crippen LogP contribution < -0.4 is 10.6 Å². The van der Waals surface area contributed by atoms with Crippen LogP contribution in [0.15, 0.2) is 36.7 Å². The van der Waals surface area contributed by atoms with Crippen molar-refractivity contribution in [2.45, 2.75) is 45.2 Å². The lowest BCUT2D eigenvalue weighted by Crippen LogP contribution is -2.27. The highest BCUT2D eigenvalue weighted by atomic mass is 16.1. The van der Waals surface area contributed by atoms with E-state index in [9.17, 15) is 4.79 Å². The fraction of sp³-hybridized carbons (Fsp3) is 0.389. The number of rotatable bonds is 6. The van der Waals surface area contributed by atoms with Crippen molar-refractivity contribution < 1.29 is 4.79 Å². The minimum Gasteiger partial charge on any atom is -0.364 e. The smallest absolute Gasteiger partial charge is 0.268 e. The van der Waals surface area contributed by atoms with Gasteiger partial charge in [-0.05, 0) is 29.9 Å². The zero-order valence-electron chi connectivity index (χ0n) is 13.6. The fourth-order valence-corrected chi connectivity index (χ4v) is 2.60. The van der Waals surface area contributed by atoms with Crippen molar-refractivity contribution in [3.8, 4) is 0 Å². The van der Waals surface area contributed by atoms with Gasteiger partial charge in [0.15, 0.2) is 0 Å². The predicted octanol–water partition coefficient (Wildman–Crippen LogP) is 2.87. The summed E-state index contributed by atoms with van der Waals surface area (Å²) in [5.74, 6) is 0.704. The molecule has 1 fully saturated rings. The Morgan fingerprint density at radius 1 is 1.26 bits per heavy atom. The number of aromatic nitrogens is 2. The zero-order chi connectivity index (χ0) is 16.4. The molecule has 1 aliphatic carbocycles.